The van der Waals surface area contributed by atoms with Gasteiger partial charge < -0.3 is 15.2 Å². The summed E-state index contributed by atoms with van der Waals surface area (Å²) in [4.78, 5) is 15.6. The molecule has 1 unspecified atom stereocenters. The topological polar surface area (TPSA) is 80.0 Å². The first-order valence-corrected chi connectivity index (χ1v) is 5.71. The molecule has 1 aromatic heterocycles. The summed E-state index contributed by atoms with van der Waals surface area (Å²) in [6, 6.07) is 0.138. The number of hydrogen-bond donors (Lipinski definition) is 2. The lowest BCUT2D eigenvalue weighted by atomic mass is 9.85. The standard InChI is InChI=1S/C10H14N4O2/c15-9-7(4-5-11-9)12-10-13-8(14-16-10)6-2-1-3-6/h6-7H,1-5H2,(H,11,15)(H,12,13,14). The Morgan fingerprint density at radius 2 is 2.25 bits per heavy atom. The van der Waals surface area contributed by atoms with Gasteiger partial charge in [-0.05, 0) is 19.3 Å². The van der Waals surface area contributed by atoms with E-state index in [1.54, 1.807) is 0 Å². The van der Waals surface area contributed by atoms with Crippen LogP contribution in [0, 0.1) is 0 Å². The molecular weight excluding hydrogens is 208 g/mol. The highest BCUT2D eigenvalue weighted by Crippen LogP contribution is 2.34. The van der Waals surface area contributed by atoms with Crippen molar-refractivity contribution >= 4 is 11.9 Å². The maximum atomic E-state index is 11.3. The van der Waals surface area contributed by atoms with Crippen molar-refractivity contribution in [1.29, 1.82) is 0 Å². The molecule has 0 bridgehead atoms. The van der Waals surface area contributed by atoms with E-state index < -0.39 is 0 Å². The van der Waals surface area contributed by atoms with Crippen molar-refractivity contribution in [2.75, 3.05) is 11.9 Å². The Hall–Kier alpha value is -1.59. The van der Waals surface area contributed by atoms with Gasteiger partial charge in [-0.25, -0.2) is 0 Å². The molecule has 0 spiro atoms. The first kappa shape index (κ1) is 9.62. The number of carbonyl (C=O) groups is 1. The van der Waals surface area contributed by atoms with E-state index in [9.17, 15) is 4.79 Å². The molecule has 16 heavy (non-hydrogen) atoms. The van der Waals surface area contributed by atoms with Crippen LogP contribution in [0.4, 0.5) is 6.01 Å². The summed E-state index contributed by atoms with van der Waals surface area (Å²) in [7, 11) is 0. The number of carbonyl (C=O) groups excluding carboxylic acids is 1. The SMILES string of the molecule is O=C1NCCC1Nc1nc(C2CCC2)no1. The first-order chi connectivity index (χ1) is 7.83. The van der Waals surface area contributed by atoms with E-state index in [-0.39, 0.29) is 11.9 Å². The fourth-order valence-corrected chi connectivity index (χ4v) is 2.01. The molecule has 6 nitrogen and oxygen atoms in total. The van der Waals surface area contributed by atoms with Gasteiger partial charge in [-0.15, -0.1) is 0 Å². The van der Waals surface area contributed by atoms with Crippen molar-refractivity contribution in [1.82, 2.24) is 15.5 Å². The Morgan fingerprint density at radius 3 is 2.88 bits per heavy atom. The Balaban J connectivity index is 1.65. The van der Waals surface area contributed by atoms with Crippen LogP contribution in [0.1, 0.15) is 37.4 Å². The van der Waals surface area contributed by atoms with Gasteiger partial charge in [0.05, 0.1) is 0 Å². The predicted octanol–water partition coefficient (Wildman–Crippen LogP) is 0.637. The lowest BCUT2D eigenvalue weighted by Gasteiger charge is -2.20. The number of aromatic nitrogens is 2. The molecule has 2 heterocycles. The van der Waals surface area contributed by atoms with Crippen LogP contribution in [0.3, 0.4) is 0 Å². The van der Waals surface area contributed by atoms with Crippen LogP contribution in [-0.4, -0.2) is 28.6 Å². The zero-order chi connectivity index (χ0) is 11.0. The average molecular weight is 222 g/mol. The Labute approximate surface area is 92.8 Å². The molecule has 86 valence electrons. The normalized spacial score (nSPS) is 25.2. The quantitative estimate of drug-likeness (QED) is 0.784. The zero-order valence-electron chi connectivity index (χ0n) is 8.90. The van der Waals surface area contributed by atoms with Crippen molar-refractivity contribution in [3.05, 3.63) is 5.82 Å². The summed E-state index contributed by atoms with van der Waals surface area (Å²) in [5, 5.41) is 9.64. The van der Waals surface area contributed by atoms with Crippen molar-refractivity contribution in [3.63, 3.8) is 0 Å². The summed E-state index contributed by atoms with van der Waals surface area (Å²) in [5.41, 5.74) is 0. The van der Waals surface area contributed by atoms with Gasteiger partial charge in [0.2, 0.25) is 5.91 Å². The van der Waals surface area contributed by atoms with E-state index in [0.29, 0.717) is 18.5 Å². The molecule has 1 atom stereocenters. The molecule has 1 saturated carbocycles. The molecule has 1 aromatic rings. The average Bonchev–Trinajstić information content (AvgIpc) is 2.76. The molecule has 1 aliphatic heterocycles. The number of rotatable bonds is 3. The monoisotopic (exact) mass is 222 g/mol. The highest BCUT2D eigenvalue weighted by atomic mass is 16.5. The number of anilines is 1. The molecule has 0 aromatic carbocycles. The Bertz CT molecular complexity index is 399. The van der Waals surface area contributed by atoms with E-state index in [1.807, 2.05) is 0 Å². The number of hydrogen-bond acceptors (Lipinski definition) is 5. The van der Waals surface area contributed by atoms with E-state index in [0.717, 1.165) is 25.1 Å². The maximum Gasteiger partial charge on any atom is 0.322 e. The van der Waals surface area contributed by atoms with Gasteiger partial charge in [-0.3, -0.25) is 4.79 Å². The molecule has 6 heteroatoms. The van der Waals surface area contributed by atoms with Gasteiger partial charge in [0.25, 0.3) is 0 Å². The van der Waals surface area contributed by atoms with Crippen LogP contribution in [0.25, 0.3) is 0 Å². The van der Waals surface area contributed by atoms with Crippen molar-refractivity contribution in [2.45, 2.75) is 37.6 Å². The number of amides is 1. The second-order valence-electron chi connectivity index (χ2n) is 4.36. The van der Waals surface area contributed by atoms with Crippen LogP contribution in [-0.2, 0) is 4.79 Å². The Kier molecular flexibility index (Phi) is 2.27. The molecule has 2 fully saturated rings. The summed E-state index contributed by atoms with van der Waals surface area (Å²) in [6.45, 7) is 0.708. The van der Waals surface area contributed by atoms with Crippen molar-refractivity contribution in [2.24, 2.45) is 0 Å². The molecule has 1 saturated heterocycles. The molecule has 1 amide bonds. The third-order valence-electron chi connectivity index (χ3n) is 3.26. The van der Waals surface area contributed by atoms with Gasteiger partial charge >= 0.3 is 6.01 Å². The molecular formula is C10H14N4O2. The predicted molar refractivity (Wildman–Crippen MR) is 55.9 cm³/mol. The van der Waals surface area contributed by atoms with Crippen LogP contribution in [0.2, 0.25) is 0 Å². The Morgan fingerprint density at radius 1 is 1.38 bits per heavy atom. The van der Waals surface area contributed by atoms with Crippen molar-refractivity contribution in [3.8, 4) is 0 Å². The van der Waals surface area contributed by atoms with E-state index in [1.165, 1.54) is 6.42 Å². The van der Waals surface area contributed by atoms with E-state index in [4.69, 9.17) is 4.52 Å². The fraction of sp³-hybridized carbons (Fsp3) is 0.700. The van der Waals surface area contributed by atoms with Crippen LogP contribution in [0.15, 0.2) is 4.52 Å². The summed E-state index contributed by atoms with van der Waals surface area (Å²) in [6.07, 6.45) is 4.29. The minimum atomic E-state index is -0.227. The highest BCUT2D eigenvalue weighted by Gasteiger charge is 2.28. The lowest BCUT2D eigenvalue weighted by molar-refractivity contribution is -0.119. The van der Waals surface area contributed by atoms with Gasteiger partial charge in [-0.1, -0.05) is 11.6 Å². The largest absolute Gasteiger partial charge is 0.354 e. The second kappa shape index (κ2) is 3.77. The third-order valence-corrected chi connectivity index (χ3v) is 3.26. The highest BCUT2D eigenvalue weighted by molar-refractivity contribution is 5.85. The number of nitrogens with one attached hydrogen (secondary N) is 2. The van der Waals surface area contributed by atoms with Crippen LogP contribution < -0.4 is 10.6 Å². The molecule has 3 rings (SSSR count). The lowest BCUT2D eigenvalue weighted by Crippen LogP contribution is -2.29. The minimum Gasteiger partial charge on any atom is -0.354 e. The van der Waals surface area contributed by atoms with E-state index >= 15 is 0 Å². The number of nitrogens with zero attached hydrogens (tertiary/aromatic N) is 2. The van der Waals surface area contributed by atoms with Gasteiger partial charge in [0, 0.05) is 12.5 Å². The maximum absolute atomic E-state index is 11.3. The summed E-state index contributed by atoms with van der Waals surface area (Å²) in [5.74, 6) is 1.23. The molecule has 1 aliphatic carbocycles. The zero-order valence-corrected chi connectivity index (χ0v) is 8.90. The van der Waals surface area contributed by atoms with Crippen molar-refractivity contribution < 1.29 is 9.32 Å². The molecule has 0 radical (unpaired) electrons. The van der Waals surface area contributed by atoms with Gasteiger partial charge in [0.1, 0.15) is 6.04 Å². The smallest absolute Gasteiger partial charge is 0.322 e. The van der Waals surface area contributed by atoms with Crippen LogP contribution in [0.5, 0.6) is 0 Å². The first-order valence-electron chi connectivity index (χ1n) is 5.71. The van der Waals surface area contributed by atoms with E-state index in [2.05, 4.69) is 20.8 Å². The minimum absolute atomic E-state index is 0.00314. The summed E-state index contributed by atoms with van der Waals surface area (Å²) < 4.78 is 5.08. The summed E-state index contributed by atoms with van der Waals surface area (Å²) >= 11 is 0. The fourth-order valence-electron chi connectivity index (χ4n) is 2.01. The third kappa shape index (κ3) is 1.64. The molecule has 2 aliphatic rings. The van der Waals surface area contributed by atoms with Crippen LogP contribution >= 0.6 is 0 Å². The van der Waals surface area contributed by atoms with Gasteiger partial charge in [-0.2, -0.15) is 4.98 Å². The molecule has 2 N–H and O–H groups in total. The van der Waals surface area contributed by atoms with Gasteiger partial charge in [0.15, 0.2) is 5.82 Å². The second-order valence-corrected chi connectivity index (χ2v) is 4.36.